The van der Waals surface area contributed by atoms with Crippen LogP contribution in [-0.4, -0.2) is 25.3 Å². The van der Waals surface area contributed by atoms with E-state index in [-0.39, 0.29) is 18.8 Å². The Labute approximate surface area is 115 Å². The summed E-state index contributed by atoms with van der Waals surface area (Å²) in [7, 11) is -5.76. The highest BCUT2D eigenvalue weighted by Crippen LogP contribution is 2.51. The Hall–Kier alpha value is -0.630. The van der Waals surface area contributed by atoms with Gasteiger partial charge in [0.2, 0.25) is 0 Å². The average molecular weight is 314 g/mol. The molecule has 4 nitrogen and oxygen atoms in total. The first kappa shape index (κ1) is 15.8. The van der Waals surface area contributed by atoms with Crippen LogP contribution in [-0.2, 0) is 19.1 Å². The van der Waals surface area contributed by atoms with Crippen LogP contribution in [0.3, 0.4) is 0 Å². The van der Waals surface area contributed by atoms with E-state index in [9.17, 15) is 26.4 Å². The highest BCUT2D eigenvalue weighted by molar-refractivity contribution is 7.87. The van der Waals surface area contributed by atoms with Crippen molar-refractivity contribution in [1.29, 1.82) is 0 Å². The molecule has 2 aliphatic rings. The first-order chi connectivity index (χ1) is 8.90. The Kier molecular flexibility index (Phi) is 3.49. The summed E-state index contributed by atoms with van der Waals surface area (Å²) in [6, 6.07) is 0. The van der Waals surface area contributed by atoms with Crippen molar-refractivity contribution in [3.63, 3.8) is 0 Å². The summed E-state index contributed by atoms with van der Waals surface area (Å²) in [5, 5.41) is 0. The lowest BCUT2D eigenvalue weighted by atomic mass is 9.59. The van der Waals surface area contributed by atoms with E-state index in [0.717, 1.165) is 6.42 Å². The third-order valence-corrected chi connectivity index (χ3v) is 5.30. The number of halogens is 3. The number of fused-ring (bicyclic) bond motifs is 2. The van der Waals surface area contributed by atoms with E-state index < -0.39 is 32.4 Å². The molecular weight excluding hydrogens is 297 g/mol. The van der Waals surface area contributed by atoms with Crippen LogP contribution in [0.5, 0.6) is 0 Å². The molecule has 0 aromatic heterocycles. The predicted molar refractivity (Wildman–Crippen MR) is 64.2 cm³/mol. The smallest absolute Gasteiger partial charge is 0.296 e. The third-order valence-electron chi connectivity index (χ3n) is 4.19. The molecule has 2 aliphatic carbocycles. The number of hydrogen-bond acceptors (Lipinski definition) is 4. The zero-order chi connectivity index (χ0) is 15.4. The zero-order valence-electron chi connectivity index (χ0n) is 11.3. The summed E-state index contributed by atoms with van der Waals surface area (Å²) in [6.07, 6.45) is 1.93. The fourth-order valence-corrected chi connectivity index (χ4v) is 4.27. The average Bonchev–Trinajstić information content (AvgIpc) is 2.24. The molecule has 8 heteroatoms. The normalized spacial score (nSPS) is 34.0. The molecule has 0 amide bonds. The van der Waals surface area contributed by atoms with E-state index in [1.807, 2.05) is 0 Å². The standard InChI is InChI=1S/C12H17F3O4S/c1-10(2)6-8-4-3-5-11(7-8,9(10)16)19-20(17,18)12(13,14)15/h8H,3-7H2,1-2H3. The highest BCUT2D eigenvalue weighted by atomic mass is 32.2. The minimum absolute atomic E-state index is 0.0277. The molecule has 0 heterocycles. The quantitative estimate of drug-likeness (QED) is 0.581. The van der Waals surface area contributed by atoms with Crippen LogP contribution in [0.4, 0.5) is 13.2 Å². The second kappa shape index (κ2) is 4.43. The van der Waals surface area contributed by atoms with Crippen molar-refractivity contribution in [2.24, 2.45) is 11.3 Å². The Morgan fingerprint density at radius 2 is 1.85 bits per heavy atom. The molecule has 0 radical (unpaired) electrons. The molecule has 2 unspecified atom stereocenters. The van der Waals surface area contributed by atoms with Gasteiger partial charge in [-0.05, 0) is 31.6 Å². The molecule has 0 aromatic carbocycles. The van der Waals surface area contributed by atoms with Gasteiger partial charge in [0.1, 0.15) is 5.60 Å². The molecule has 0 saturated heterocycles. The largest absolute Gasteiger partial charge is 0.523 e. The minimum Gasteiger partial charge on any atom is -0.296 e. The van der Waals surface area contributed by atoms with Crippen LogP contribution >= 0.6 is 0 Å². The van der Waals surface area contributed by atoms with Crippen LogP contribution in [0, 0.1) is 11.3 Å². The molecular formula is C12H17F3O4S. The van der Waals surface area contributed by atoms with Crippen molar-refractivity contribution >= 4 is 15.9 Å². The molecule has 2 saturated carbocycles. The van der Waals surface area contributed by atoms with Crippen molar-refractivity contribution in [1.82, 2.24) is 0 Å². The Balaban J connectivity index is 2.39. The van der Waals surface area contributed by atoms with Gasteiger partial charge in [-0.15, -0.1) is 0 Å². The van der Waals surface area contributed by atoms with Gasteiger partial charge >= 0.3 is 15.6 Å². The molecule has 0 aliphatic heterocycles. The van der Waals surface area contributed by atoms with Gasteiger partial charge in [0.05, 0.1) is 0 Å². The van der Waals surface area contributed by atoms with Crippen molar-refractivity contribution in [2.45, 2.75) is 57.1 Å². The van der Waals surface area contributed by atoms with Crippen LogP contribution in [0.1, 0.15) is 46.0 Å². The first-order valence-electron chi connectivity index (χ1n) is 6.46. The van der Waals surface area contributed by atoms with Crippen LogP contribution < -0.4 is 0 Å². The SMILES string of the molecule is CC1(C)CC2CCCC(OS(=O)(=O)C(F)(F)F)(C2)C1=O. The van der Waals surface area contributed by atoms with Gasteiger partial charge in [0.15, 0.2) is 5.78 Å². The first-order valence-corrected chi connectivity index (χ1v) is 7.87. The lowest BCUT2D eigenvalue weighted by Gasteiger charge is -2.48. The van der Waals surface area contributed by atoms with Crippen LogP contribution in [0.25, 0.3) is 0 Å². The fourth-order valence-electron chi connectivity index (χ4n) is 3.53. The number of alkyl halides is 3. The number of Topliss-reactive ketones (excluding diaryl/α,β-unsaturated/α-hetero) is 1. The van der Waals surface area contributed by atoms with Gasteiger partial charge in [-0.1, -0.05) is 20.3 Å². The van der Waals surface area contributed by atoms with Crippen molar-refractivity contribution < 1.29 is 30.6 Å². The topological polar surface area (TPSA) is 60.4 Å². The van der Waals surface area contributed by atoms with E-state index in [1.54, 1.807) is 13.8 Å². The van der Waals surface area contributed by atoms with E-state index in [1.165, 1.54) is 0 Å². The number of carbonyl (C=O) groups is 1. The molecule has 2 atom stereocenters. The second-order valence-corrected chi connectivity index (χ2v) is 7.89. The van der Waals surface area contributed by atoms with Gasteiger partial charge in [0.25, 0.3) is 0 Å². The molecule has 2 rings (SSSR count). The number of carbonyl (C=O) groups excluding carboxylic acids is 1. The monoisotopic (exact) mass is 314 g/mol. The maximum atomic E-state index is 12.5. The molecule has 0 aromatic rings. The maximum absolute atomic E-state index is 12.5. The van der Waals surface area contributed by atoms with Gasteiger partial charge in [-0.3, -0.25) is 4.79 Å². The predicted octanol–water partition coefficient (Wildman–Crippen LogP) is 2.78. The Morgan fingerprint density at radius 1 is 1.25 bits per heavy atom. The zero-order valence-corrected chi connectivity index (χ0v) is 12.1. The maximum Gasteiger partial charge on any atom is 0.523 e. The number of hydrogen-bond donors (Lipinski definition) is 0. The van der Waals surface area contributed by atoms with Crippen molar-refractivity contribution in [2.75, 3.05) is 0 Å². The molecule has 20 heavy (non-hydrogen) atoms. The molecule has 2 fully saturated rings. The summed E-state index contributed by atoms with van der Waals surface area (Å²) in [4.78, 5) is 12.4. The van der Waals surface area contributed by atoms with Gasteiger partial charge < -0.3 is 0 Å². The summed E-state index contributed by atoms with van der Waals surface area (Å²) in [5.74, 6) is -0.506. The highest BCUT2D eigenvalue weighted by Gasteiger charge is 2.60. The molecule has 116 valence electrons. The number of rotatable bonds is 2. The summed E-state index contributed by atoms with van der Waals surface area (Å²) >= 11 is 0. The van der Waals surface area contributed by atoms with Crippen molar-refractivity contribution in [3.8, 4) is 0 Å². The summed E-state index contributed by atoms with van der Waals surface area (Å²) in [6.45, 7) is 3.26. The van der Waals surface area contributed by atoms with Crippen LogP contribution in [0.15, 0.2) is 0 Å². The van der Waals surface area contributed by atoms with Crippen LogP contribution in [0.2, 0.25) is 0 Å². The Morgan fingerprint density at radius 3 is 2.40 bits per heavy atom. The summed E-state index contributed by atoms with van der Waals surface area (Å²) < 4.78 is 64.5. The Bertz CT molecular complexity index is 523. The summed E-state index contributed by atoms with van der Waals surface area (Å²) in [5.41, 5.74) is -8.19. The third kappa shape index (κ3) is 2.47. The van der Waals surface area contributed by atoms with E-state index >= 15 is 0 Å². The molecule has 2 bridgehead atoms. The molecule has 0 spiro atoms. The van der Waals surface area contributed by atoms with Gasteiger partial charge in [-0.2, -0.15) is 21.6 Å². The van der Waals surface area contributed by atoms with E-state index in [0.29, 0.717) is 12.8 Å². The number of ketones is 1. The van der Waals surface area contributed by atoms with Gasteiger partial charge in [-0.25, -0.2) is 4.18 Å². The van der Waals surface area contributed by atoms with E-state index in [2.05, 4.69) is 4.18 Å². The lowest BCUT2D eigenvalue weighted by Crippen LogP contribution is -2.57. The lowest BCUT2D eigenvalue weighted by molar-refractivity contribution is -0.158. The van der Waals surface area contributed by atoms with Gasteiger partial charge in [0, 0.05) is 5.41 Å². The van der Waals surface area contributed by atoms with Crippen molar-refractivity contribution in [3.05, 3.63) is 0 Å². The second-order valence-electron chi connectivity index (χ2n) is 6.36. The fraction of sp³-hybridized carbons (Fsp3) is 0.917. The van der Waals surface area contributed by atoms with E-state index in [4.69, 9.17) is 0 Å². The molecule has 0 N–H and O–H groups in total. The minimum atomic E-state index is -5.76.